The van der Waals surface area contributed by atoms with Crippen molar-refractivity contribution in [3.63, 3.8) is 0 Å². The molecule has 0 aromatic rings. The van der Waals surface area contributed by atoms with Gasteiger partial charge >= 0.3 is 5.97 Å². The minimum Gasteiger partial charge on any atom is -0.465 e. The van der Waals surface area contributed by atoms with Crippen molar-refractivity contribution in [3.8, 4) is 0 Å². The molecule has 0 bridgehead atoms. The highest BCUT2D eigenvalue weighted by Gasteiger charge is 2.19. The Labute approximate surface area is 111 Å². The highest BCUT2D eigenvalue weighted by molar-refractivity contribution is 5.96. The number of carbonyl (C=O) groups is 2. The van der Waals surface area contributed by atoms with Crippen LogP contribution in [0.3, 0.4) is 0 Å². The monoisotopic (exact) mass is 256 g/mol. The Kier molecular flexibility index (Phi) is 10.7. The van der Waals surface area contributed by atoms with Gasteiger partial charge in [-0.3, -0.25) is 9.59 Å². The van der Waals surface area contributed by atoms with Crippen molar-refractivity contribution in [2.45, 2.75) is 72.1 Å². The molecule has 0 saturated carbocycles. The summed E-state index contributed by atoms with van der Waals surface area (Å²) in [7, 11) is 0. The number of hydrogen-bond donors (Lipinski definition) is 0. The zero-order valence-corrected chi connectivity index (χ0v) is 12.2. The fourth-order valence-electron chi connectivity index (χ4n) is 1.90. The Balaban J connectivity index is 3.90. The molecule has 3 heteroatoms. The number of ether oxygens (including phenoxy) is 1. The van der Waals surface area contributed by atoms with Gasteiger partial charge in [0.1, 0.15) is 12.2 Å². The molecule has 0 aromatic heterocycles. The standard InChI is InChI=1S/C15H28O3/c1-4-7-9-10-13(6-3)14(16)12-15(17)18-11-8-5-2/h13H,4-12H2,1-3H3. The third-order valence-corrected chi connectivity index (χ3v) is 3.18. The Morgan fingerprint density at radius 1 is 1.00 bits per heavy atom. The van der Waals surface area contributed by atoms with Gasteiger partial charge in [-0.15, -0.1) is 0 Å². The lowest BCUT2D eigenvalue weighted by atomic mass is 9.92. The molecule has 0 aliphatic rings. The van der Waals surface area contributed by atoms with Crippen LogP contribution in [0.25, 0.3) is 0 Å². The summed E-state index contributed by atoms with van der Waals surface area (Å²) in [5.74, 6) is -0.271. The van der Waals surface area contributed by atoms with Crippen LogP contribution in [0.4, 0.5) is 0 Å². The third kappa shape index (κ3) is 8.26. The number of esters is 1. The molecule has 0 saturated heterocycles. The largest absolute Gasteiger partial charge is 0.465 e. The Morgan fingerprint density at radius 3 is 2.22 bits per heavy atom. The Hall–Kier alpha value is -0.860. The molecule has 0 heterocycles. The smallest absolute Gasteiger partial charge is 0.313 e. The highest BCUT2D eigenvalue weighted by atomic mass is 16.5. The molecule has 0 N–H and O–H groups in total. The van der Waals surface area contributed by atoms with E-state index in [0.29, 0.717) is 6.61 Å². The van der Waals surface area contributed by atoms with Crippen LogP contribution in [0.2, 0.25) is 0 Å². The van der Waals surface area contributed by atoms with Crippen LogP contribution in [0.5, 0.6) is 0 Å². The molecule has 0 fully saturated rings. The van der Waals surface area contributed by atoms with E-state index in [1.807, 2.05) is 13.8 Å². The van der Waals surface area contributed by atoms with Crippen LogP contribution in [-0.4, -0.2) is 18.4 Å². The molecule has 0 rings (SSSR count). The number of Topliss-reactive ketones (excluding diaryl/α,β-unsaturated/α-hetero) is 1. The first-order valence-corrected chi connectivity index (χ1v) is 7.33. The van der Waals surface area contributed by atoms with E-state index in [4.69, 9.17) is 4.74 Å². The van der Waals surface area contributed by atoms with E-state index in [1.54, 1.807) is 0 Å². The van der Waals surface area contributed by atoms with Crippen LogP contribution < -0.4 is 0 Å². The first-order valence-electron chi connectivity index (χ1n) is 7.33. The minimum absolute atomic E-state index is 0.0373. The fraction of sp³-hybridized carbons (Fsp3) is 0.867. The van der Waals surface area contributed by atoms with E-state index >= 15 is 0 Å². The van der Waals surface area contributed by atoms with Crippen molar-refractivity contribution in [2.75, 3.05) is 6.61 Å². The molecule has 0 aliphatic heterocycles. The van der Waals surface area contributed by atoms with E-state index in [-0.39, 0.29) is 24.1 Å². The first kappa shape index (κ1) is 17.1. The maximum Gasteiger partial charge on any atom is 0.313 e. The van der Waals surface area contributed by atoms with Gasteiger partial charge in [0.2, 0.25) is 0 Å². The van der Waals surface area contributed by atoms with Gasteiger partial charge in [0.25, 0.3) is 0 Å². The molecular formula is C15H28O3. The predicted molar refractivity (Wildman–Crippen MR) is 73.4 cm³/mol. The topological polar surface area (TPSA) is 43.4 Å². The SMILES string of the molecule is CCCCCC(CC)C(=O)CC(=O)OCCCC. The average Bonchev–Trinajstić information content (AvgIpc) is 2.35. The van der Waals surface area contributed by atoms with Crippen LogP contribution in [0.15, 0.2) is 0 Å². The van der Waals surface area contributed by atoms with Crippen LogP contribution in [0.1, 0.15) is 72.1 Å². The lowest BCUT2D eigenvalue weighted by Crippen LogP contribution is -2.19. The second kappa shape index (κ2) is 11.2. The van der Waals surface area contributed by atoms with Crippen LogP contribution in [-0.2, 0) is 14.3 Å². The van der Waals surface area contributed by atoms with Gasteiger partial charge < -0.3 is 4.74 Å². The summed E-state index contributed by atoms with van der Waals surface area (Å²) >= 11 is 0. The van der Waals surface area contributed by atoms with Crippen molar-refractivity contribution in [1.82, 2.24) is 0 Å². The van der Waals surface area contributed by atoms with Crippen molar-refractivity contribution in [1.29, 1.82) is 0 Å². The lowest BCUT2D eigenvalue weighted by molar-refractivity contribution is -0.147. The van der Waals surface area contributed by atoms with Gasteiger partial charge in [0.15, 0.2) is 0 Å². The number of rotatable bonds is 11. The number of ketones is 1. The lowest BCUT2D eigenvalue weighted by Gasteiger charge is -2.13. The van der Waals surface area contributed by atoms with Gasteiger partial charge in [-0.25, -0.2) is 0 Å². The molecule has 3 nitrogen and oxygen atoms in total. The molecule has 0 amide bonds. The molecule has 18 heavy (non-hydrogen) atoms. The molecular weight excluding hydrogens is 228 g/mol. The van der Waals surface area contributed by atoms with Crippen molar-refractivity contribution in [3.05, 3.63) is 0 Å². The molecule has 0 aromatic carbocycles. The normalized spacial score (nSPS) is 12.2. The maximum absolute atomic E-state index is 11.9. The fourth-order valence-corrected chi connectivity index (χ4v) is 1.90. The minimum atomic E-state index is -0.359. The molecule has 1 unspecified atom stereocenters. The summed E-state index contributed by atoms with van der Waals surface area (Å²) in [6.07, 6.45) is 6.94. The number of unbranched alkanes of at least 4 members (excludes halogenated alkanes) is 3. The number of carbonyl (C=O) groups excluding carboxylic acids is 2. The quantitative estimate of drug-likeness (QED) is 0.320. The van der Waals surface area contributed by atoms with Gasteiger partial charge in [0.05, 0.1) is 6.61 Å². The van der Waals surface area contributed by atoms with Crippen molar-refractivity contribution in [2.24, 2.45) is 5.92 Å². The maximum atomic E-state index is 11.9. The second-order valence-corrected chi connectivity index (χ2v) is 4.82. The second-order valence-electron chi connectivity index (χ2n) is 4.82. The average molecular weight is 256 g/mol. The summed E-state index contributed by atoms with van der Waals surface area (Å²) in [5.41, 5.74) is 0. The van der Waals surface area contributed by atoms with Gasteiger partial charge in [-0.2, -0.15) is 0 Å². The molecule has 0 spiro atoms. The van der Waals surface area contributed by atoms with Gasteiger partial charge in [-0.05, 0) is 19.3 Å². The third-order valence-electron chi connectivity index (χ3n) is 3.18. The van der Waals surface area contributed by atoms with E-state index in [9.17, 15) is 9.59 Å². The summed E-state index contributed by atoms with van der Waals surface area (Å²) in [5, 5.41) is 0. The zero-order valence-electron chi connectivity index (χ0n) is 12.2. The molecule has 0 aliphatic carbocycles. The van der Waals surface area contributed by atoms with Crippen molar-refractivity contribution < 1.29 is 14.3 Å². The van der Waals surface area contributed by atoms with Crippen LogP contribution >= 0.6 is 0 Å². The van der Waals surface area contributed by atoms with Gasteiger partial charge in [0, 0.05) is 5.92 Å². The number of hydrogen-bond acceptors (Lipinski definition) is 3. The highest BCUT2D eigenvalue weighted by Crippen LogP contribution is 2.16. The van der Waals surface area contributed by atoms with Gasteiger partial charge in [-0.1, -0.05) is 46.5 Å². The summed E-state index contributed by atoms with van der Waals surface area (Å²) in [6.45, 7) is 6.64. The Morgan fingerprint density at radius 2 is 1.67 bits per heavy atom. The first-order chi connectivity index (χ1) is 8.65. The predicted octanol–water partition coefficient (Wildman–Crippen LogP) is 3.90. The molecule has 1 atom stereocenters. The zero-order chi connectivity index (χ0) is 13.8. The van der Waals surface area contributed by atoms with Crippen LogP contribution in [0, 0.1) is 5.92 Å². The summed E-state index contributed by atoms with van der Waals surface area (Å²) < 4.78 is 5.01. The van der Waals surface area contributed by atoms with E-state index in [2.05, 4.69) is 6.92 Å². The van der Waals surface area contributed by atoms with E-state index in [0.717, 1.165) is 44.9 Å². The summed E-state index contributed by atoms with van der Waals surface area (Å²) in [6, 6.07) is 0. The van der Waals surface area contributed by atoms with E-state index < -0.39 is 0 Å². The molecule has 0 radical (unpaired) electrons. The summed E-state index contributed by atoms with van der Waals surface area (Å²) in [4.78, 5) is 23.3. The molecule has 106 valence electrons. The van der Waals surface area contributed by atoms with Crippen molar-refractivity contribution >= 4 is 11.8 Å². The van der Waals surface area contributed by atoms with E-state index in [1.165, 1.54) is 0 Å². The Bertz CT molecular complexity index is 236.